The van der Waals surface area contributed by atoms with E-state index in [-0.39, 0.29) is 6.04 Å². The van der Waals surface area contributed by atoms with Crippen molar-refractivity contribution in [1.82, 2.24) is 9.88 Å². The molecule has 0 saturated heterocycles. The van der Waals surface area contributed by atoms with Crippen LogP contribution < -0.4 is 0 Å². The van der Waals surface area contributed by atoms with Crippen molar-refractivity contribution in [1.29, 1.82) is 0 Å². The van der Waals surface area contributed by atoms with Gasteiger partial charge in [-0.05, 0) is 37.6 Å². The molecule has 0 saturated carbocycles. The van der Waals surface area contributed by atoms with Crippen LogP contribution in [0.1, 0.15) is 36.7 Å². The van der Waals surface area contributed by atoms with Gasteiger partial charge in [0, 0.05) is 29.2 Å². The number of likely N-dealkylation sites (N-methyl/N-ethyl adjacent to an activating group) is 1. The summed E-state index contributed by atoms with van der Waals surface area (Å²) in [6.45, 7) is 6.11. The second kappa shape index (κ2) is 4.52. The Labute approximate surface area is 115 Å². The predicted octanol–water partition coefficient (Wildman–Crippen LogP) is 4.13. The normalized spacial score (nSPS) is 20.4. The molecular formula is C15H17F3N2. The molecule has 3 rings (SSSR count). The van der Waals surface area contributed by atoms with E-state index in [9.17, 15) is 13.2 Å². The molecule has 0 aliphatic carbocycles. The number of alkyl halides is 3. The molecule has 1 N–H and O–H groups in total. The maximum Gasteiger partial charge on any atom is 0.416 e. The highest BCUT2D eigenvalue weighted by Crippen LogP contribution is 2.37. The fourth-order valence-electron chi connectivity index (χ4n) is 3.14. The Balaban J connectivity index is 2.12. The van der Waals surface area contributed by atoms with Gasteiger partial charge in [-0.3, -0.25) is 4.90 Å². The third-order valence-corrected chi connectivity index (χ3v) is 4.29. The Bertz CT molecular complexity index is 642. The van der Waals surface area contributed by atoms with Crippen LogP contribution in [0.2, 0.25) is 0 Å². The van der Waals surface area contributed by atoms with Crippen LogP contribution in [0.3, 0.4) is 0 Å². The van der Waals surface area contributed by atoms with E-state index in [0.717, 1.165) is 30.6 Å². The monoisotopic (exact) mass is 282 g/mol. The van der Waals surface area contributed by atoms with Crippen molar-refractivity contribution < 1.29 is 13.2 Å². The molecule has 2 aromatic rings. The van der Waals surface area contributed by atoms with Crippen molar-refractivity contribution in [2.75, 3.05) is 13.1 Å². The molecule has 5 heteroatoms. The minimum atomic E-state index is -4.29. The maximum absolute atomic E-state index is 12.8. The number of aromatic nitrogens is 1. The molecule has 0 fully saturated rings. The van der Waals surface area contributed by atoms with Gasteiger partial charge in [-0.2, -0.15) is 13.2 Å². The number of benzene rings is 1. The fraction of sp³-hybridized carbons (Fsp3) is 0.467. The number of H-pyrrole nitrogens is 1. The Kier molecular flexibility index (Phi) is 3.05. The Hall–Kier alpha value is -1.49. The number of hydrogen-bond donors (Lipinski definition) is 1. The number of halogens is 3. The third-order valence-electron chi connectivity index (χ3n) is 4.29. The van der Waals surface area contributed by atoms with Gasteiger partial charge in [0.2, 0.25) is 0 Å². The predicted molar refractivity (Wildman–Crippen MR) is 72.7 cm³/mol. The van der Waals surface area contributed by atoms with E-state index in [2.05, 4.69) is 23.7 Å². The molecule has 1 aromatic heterocycles. The summed E-state index contributed by atoms with van der Waals surface area (Å²) < 4.78 is 38.3. The van der Waals surface area contributed by atoms with E-state index < -0.39 is 11.7 Å². The molecule has 1 unspecified atom stereocenters. The number of fused-ring (bicyclic) bond motifs is 3. The molecule has 0 bridgehead atoms. The number of rotatable bonds is 1. The second-order valence-electron chi connectivity index (χ2n) is 5.33. The molecule has 20 heavy (non-hydrogen) atoms. The number of nitrogens with one attached hydrogen (secondary N) is 1. The van der Waals surface area contributed by atoms with E-state index in [0.29, 0.717) is 5.52 Å². The van der Waals surface area contributed by atoms with E-state index in [1.807, 2.05) is 0 Å². The largest absolute Gasteiger partial charge is 0.416 e. The molecule has 108 valence electrons. The highest BCUT2D eigenvalue weighted by Gasteiger charge is 2.32. The quantitative estimate of drug-likeness (QED) is 0.833. The summed E-state index contributed by atoms with van der Waals surface area (Å²) in [5.41, 5.74) is 2.23. The summed E-state index contributed by atoms with van der Waals surface area (Å²) >= 11 is 0. The van der Waals surface area contributed by atoms with Gasteiger partial charge in [-0.15, -0.1) is 0 Å². The lowest BCUT2D eigenvalue weighted by Gasteiger charge is -2.32. The summed E-state index contributed by atoms with van der Waals surface area (Å²) in [4.78, 5) is 5.52. The van der Waals surface area contributed by atoms with Gasteiger partial charge >= 0.3 is 6.18 Å². The van der Waals surface area contributed by atoms with Crippen LogP contribution in [0.15, 0.2) is 18.2 Å². The first-order valence-electron chi connectivity index (χ1n) is 6.87. The van der Waals surface area contributed by atoms with Crippen LogP contribution in [0.4, 0.5) is 13.2 Å². The molecule has 0 spiro atoms. The van der Waals surface area contributed by atoms with Crippen molar-refractivity contribution >= 4 is 10.9 Å². The van der Waals surface area contributed by atoms with Gasteiger partial charge in [0.25, 0.3) is 0 Å². The van der Waals surface area contributed by atoms with Crippen LogP contribution in [-0.4, -0.2) is 23.0 Å². The van der Waals surface area contributed by atoms with Crippen molar-refractivity contribution in [2.24, 2.45) is 0 Å². The summed E-state index contributed by atoms with van der Waals surface area (Å²) in [5.74, 6) is 0. The Morgan fingerprint density at radius 1 is 1.35 bits per heavy atom. The van der Waals surface area contributed by atoms with Gasteiger partial charge in [-0.25, -0.2) is 0 Å². The second-order valence-corrected chi connectivity index (χ2v) is 5.33. The van der Waals surface area contributed by atoms with Gasteiger partial charge in [0.05, 0.1) is 5.56 Å². The van der Waals surface area contributed by atoms with Crippen LogP contribution in [0.25, 0.3) is 10.9 Å². The van der Waals surface area contributed by atoms with E-state index in [4.69, 9.17) is 0 Å². The first-order valence-corrected chi connectivity index (χ1v) is 6.87. The number of aromatic amines is 1. The molecule has 1 aliphatic rings. The van der Waals surface area contributed by atoms with Gasteiger partial charge in [0.15, 0.2) is 0 Å². The average Bonchev–Trinajstić information content (AvgIpc) is 2.77. The molecule has 1 atom stereocenters. The third kappa shape index (κ3) is 2.00. The zero-order valence-electron chi connectivity index (χ0n) is 11.5. The Morgan fingerprint density at radius 3 is 2.75 bits per heavy atom. The van der Waals surface area contributed by atoms with Crippen molar-refractivity contribution in [2.45, 2.75) is 32.5 Å². The SMILES string of the molecule is CCN1CCc2c([nH]c3cc(C(F)(F)F)ccc23)C1C. The zero-order valence-corrected chi connectivity index (χ0v) is 11.5. The smallest absolute Gasteiger partial charge is 0.357 e. The number of nitrogens with zero attached hydrogens (tertiary/aromatic N) is 1. The van der Waals surface area contributed by atoms with Crippen molar-refractivity contribution in [3.8, 4) is 0 Å². The summed E-state index contributed by atoms with van der Waals surface area (Å²) in [5, 5.41) is 0.926. The first kappa shape index (κ1) is 13.5. The standard InChI is InChI=1S/C15H17F3N2/c1-3-20-7-6-12-11-5-4-10(15(16,17)18)8-13(11)19-14(12)9(20)2/h4-5,8-9,19H,3,6-7H2,1-2H3. The molecule has 1 aliphatic heterocycles. The van der Waals surface area contributed by atoms with Crippen molar-refractivity contribution in [3.05, 3.63) is 35.0 Å². The summed E-state index contributed by atoms with van der Waals surface area (Å²) in [7, 11) is 0. The molecular weight excluding hydrogens is 265 g/mol. The highest BCUT2D eigenvalue weighted by molar-refractivity contribution is 5.85. The summed E-state index contributed by atoms with van der Waals surface area (Å²) in [6, 6.07) is 4.22. The summed E-state index contributed by atoms with van der Waals surface area (Å²) in [6.07, 6.45) is -3.40. The topological polar surface area (TPSA) is 19.0 Å². The van der Waals surface area contributed by atoms with Gasteiger partial charge < -0.3 is 4.98 Å². The molecule has 1 aromatic carbocycles. The van der Waals surface area contributed by atoms with Crippen LogP contribution in [-0.2, 0) is 12.6 Å². The Morgan fingerprint density at radius 2 is 2.10 bits per heavy atom. The zero-order chi connectivity index (χ0) is 14.5. The molecule has 0 amide bonds. The van der Waals surface area contributed by atoms with E-state index in [1.54, 1.807) is 6.07 Å². The molecule has 2 nitrogen and oxygen atoms in total. The van der Waals surface area contributed by atoms with Gasteiger partial charge in [-0.1, -0.05) is 13.0 Å². The molecule has 0 radical (unpaired) electrons. The van der Waals surface area contributed by atoms with Crippen molar-refractivity contribution in [3.63, 3.8) is 0 Å². The lowest BCUT2D eigenvalue weighted by Crippen LogP contribution is -2.33. The van der Waals surface area contributed by atoms with E-state index in [1.165, 1.54) is 17.7 Å². The lowest BCUT2D eigenvalue weighted by molar-refractivity contribution is -0.137. The average molecular weight is 282 g/mol. The van der Waals surface area contributed by atoms with Crippen LogP contribution >= 0.6 is 0 Å². The minimum absolute atomic E-state index is 0.227. The number of hydrogen-bond acceptors (Lipinski definition) is 1. The highest BCUT2D eigenvalue weighted by atomic mass is 19.4. The fourth-order valence-corrected chi connectivity index (χ4v) is 3.14. The van der Waals surface area contributed by atoms with E-state index >= 15 is 0 Å². The lowest BCUT2D eigenvalue weighted by atomic mass is 9.98. The first-order chi connectivity index (χ1) is 9.41. The molecule has 2 heterocycles. The minimum Gasteiger partial charge on any atom is -0.357 e. The van der Waals surface area contributed by atoms with Crippen LogP contribution in [0, 0.1) is 0 Å². The van der Waals surface area contributed by atoms with Gasteiger partial charge in [0.1, 0.15) is 0 Å². The maximum atomic E-state index is 12.8. The van der Waals surface area contributed by atoms with Crippen LogP contribution in [0.5, 0.6) is 0 Å².